The Morgan fingerprint density at radius 1 is 1.32 bits per heavy atom. The zero-order valence-electron chi connectivity index (χ0n) is 10.1. The number of benzene rings is 1. The summed E-state index contributed by atoms with van der Waals surface area (Å²) in [6, 6.07) is 4.56. The molecule has 0 aliphatic rings. The van der Waals surface area contributed by atoms with Gasteiger partial charge < -0.3 is 11.1 Å². The number of halogens is 1. The summed E-state index contributed by atoms with van der Waals surface area (Å²) in [6.45, 7) is 3.83. The number of anilines is 2. The first kappa shape index (κ1) is 12.9. The van der Waals surface area contributed by atoms with Gasteiger partial charge in [0.1, 0.15) is 17.2 Å². The fraction of sp³-hybridized carbons (Fsp3) is 0.154. The molecule has 0 atom stereocenters. The van der Waals surface area contributed by atoms with E-state index in [1.807, 2.05) is 0 Å². The fourth-order valence-corrected chi connectivity index (χ4v) is 1.76. The summed E-state index contributed by atoms with van der Waals surface area (Å²) in [5, 5.41) is 2.67. The van der Waals surface area contributed by atoms with E-state index in [9.17, 15) is 14.0 Å². The van der Waals surface area contributed by atoms with Crippen LogP contribution < -0.4 is 21.9 Å². The number of hydrogen-bond donors (Lipinski definition) is 2. The number of nitrogens with two attached hydrogens (primary N) is 1. The molecule has 0 saturated heterocycles. The van der Waals surface area contributed by atoms with Crippen molar-refractivity contribution in [3.8, 4) is 0 Å². The zero-order valence-corrected chi connectivity index (χ0v) is 10.1. The standard InChI is InChI=1S/C13H12FN3O2/c1-16-5-7-2-3-9(14)8(4-7)6-17-11-10(15)12(18)13(11)19/h2-4,17H,1,5-6,15H2. The zero-order chi connectivity index (χ0) is 14.0. The topological polar surface area (TPSA) is 84.5 Å². The van der Waals surface area contributed by atoms with Gasteiger partial charge in [-0.3, -0.25) is 14.6 Å². The minimum atomic E-state index is -0.701. The van der Waals surface area contributed by atoms with Gasteiger partial charge in [-0.1, -0.05) is 6.07 Å². The van der Waals surface area contributed by atoms with Crippen molar-refractivity contribution >= 4 is 18.1 Å². The van der Waals surface area contributed by atoms with E-state index in [-0.39, 0.29) is 17.9 Å². The van der Waals surface area contributed by atoms with E-state index in [1.54, 1.807) is 12.1 Å². The van der Waals surface area contributed by atoms with Gasteiger partial charge in [-0.15, -0.1) is 0 Å². The summed E-state index contributed by atoms with van der Waals surface area (Å²) >= 11 is 0. The third kappa shape index (κ3) is 2.37. The number of aliphatic imine (C=N–C) groups is 1. The maximum Gasteiger partial charge on any atom is 0.253 e. The monoisotopic (exact) mass is 261 g/mol. The molecule has 0 aromatic heterocycles. The predicted octanol–water partition coefficient (Wildman–Crippen LogP) is 0.817. The molecule has 0 aliphatic heterocycles. The van der Waals surface area contributed by atoms with Crippen LogP contribution in [-0.2, 0) is 13.1 Å². The summed E-state index contributed by atoms with van der Waals surface area (Å²) in [5.41, 5.74) is 5.13. The minimum absolute atomic E-state index is 0.0525. The molecule has 0 unspecified atom stereocenters. The molecular weight excluding hydrogens is 249 g/mol. The quantitative estimate of drug-likeness (QED) is 0.616. The molecule has 2 aromatic rings. The normalized spacial score (nSPS) is 10.6. The van der Waals surface area contributed by atoms with E-state index in [2.05, 4.69) is 17.0 Å². The average molecular weight is 261 g/mol. The highest BCUT2D eigenvalue weighted by atomic mass is 19.1. The van der Waals surface area contributed by atoms with Crippen molar-refractivity contribution in [3.63, 3.8) is 0 Å². The third-order valence-corrected chi connectivity index (χ3v) is 2.81. The van der Waals surface area contributed by atoms with Gasteiger partial charge in [0.05, 0.1) is 6.54 Å². The van der Waals surface area contributed by atoms with Crippen molar-refractivity contribution in [2.24, 2.45) is 4.99 Å². The van der Waals surface area contributed by atoms with Crippen LogP contribution in [-0.4, -0.2) is 6.72 Å². The first-order valence-electron chi connectivity index (χ1n) is 5.57. The van der Waals surface area contributed by atoms with Crippen molar-refractivity contribution in [2.75, 3.05) is 11.1 Å². The molecule has 0 heterocycles. The molecule has 6 heteroatoms. The SMILES string of the molecule is C=NCc1ccc(F)c(CNc2c(N)c(=O)c2=O)c1. The Hall–Kier alpha value is -2.50. The highest BCUT2D eigenvalue weighted by Gasteiger charge is 2.17. The lowest BCUT2D eigenvalue weighted by Gasteiger charge is -2.11. The summed E-state index contributed by atoms with van der Waals surface area (Å²) < 4.78 is 13.6. The lowest BCUT2D eigenvalue weighted by molar-refractivity contribution is 0.612. The van der Waals surface area contributed by atoms with E-state index in [0.717, 1.165) is 5.56 Å². The van der Waals surface area contributed by atoms with Crippen LogP contribution in [0, 0.1) is 5.82 Å². The smallest absolute Gasteiger partial charge is 0.253 e. The predicted molar refractivity (Wildman–Crippen MR) is 72.7 cm³/mol. The van der Waals surface area contributed by atoms with Crippen LogP contribution in [0.15, 0.2) is 32.8 Å². The Labute approximate surface area is 108 Å². The van der Waals surface area contributed by atoms with Crippen LogP contribution in [0.25, 0.3) is 0 Å². The van der Waals surface area contributed by atoms with Crippen LogP contribution in [0.3, 0.4) is 0 Å². The van der Waals surface area contributed by atoms with Crippen LogP contribution >= 0.6 is 0 Å². The first-order chi connectivity index (χ1) is 9.04. The Kier molecular flexibility index (Phi) is 3.41. The summed E-state index contributed by atoms with van der Waals surface area (Å²) in [6.07, 6.45) is 0. The molecular formula is C13H12FN3O2. The summed E-state index contributed by atoms with van der Waals surface area (Å²) in [7, 11) is 0. The number of nitrogen functional groups attached to an aromatic ring is 1. The summed E-state index contributed by atoms with van der Waals surface area (Å²) in [5.74, 6) is -0.405. The Bertz CT molecular complexity index is 702. The van der Waals surface area contributed by atoms with Crippen molar-refractivity contribution < 1.29 is 4.39 Å². The van der Waals surface area contributed by atoms with Gasteiger partial charge in [0.25, 0.3) is 10.9 Å². The third-order valence-electron chi connectivity index (χ3n) is 2.81. The Morgan fingerprint density at radius 2 is 2.05 bits per heavy atom. The van der Waals surface area contributed by atoms with Crippen LogP contribution in [0.5, 0.6) is 0 Å². The van der Waals surface area contributed by atoms with Crippen molar-refractivity contribution in [3.05, 3.63) is 55.6 Å². The van der Waals surface area contributed by atoms with Gasteiger partial charge in [0.2, 0.25) is 0 Å². The average Bonchev–Trinajstić information content (AvgIpc) is 2.42. The van der Waals surface area contributed by atoms with Gasteiger partial charge in [-0.25, -0.2) is 4.39 Å². The number of nitrogens with zero attached hydrogens (tertiary/aromatic N) is 1. The van der Waals surface area contributed by atoms with E-state index in [4.69, 9.17) is 5.73 Å². The lowest BCUT2D eigenvalue weighted by Crippen LogP contribution is -2.36. The van der Waals surface area contributed by atoms with Gasteiger partial charge in [-0.05, 0) is 24.4 Å². The molecule has 98 valence electrons. The molecule has 0 fully saturated rings. The summed E-state index contributed by atoms with van der Waals surface area (Å²) in [4.78, 5) is 25.8. The Morgan fingerprint density at radius 3 is 2.68 bits per heavy atom. The molecule has 19 heavy (non-hydrogen) atoms. The maximum atomic E-state index is 13.6. The van der Waals surface area contributed by atoms with Gasteiger partial charge in [0.15, 0.2) is 0 Å². The highest BCUT2D eigenvalue weighted by Crippen LogP contribution is 2.15. The van der Waals surface area contributed by atoms with Crippen LogP contribution in [0.2, 0.25) is 0 Å². The van der Waals surface area contributed by atoms with E-state index in [0.29, 0.717) is 12.1 Å². The molecule has 0 spiro atoms. The van der Waals surface area contributed by atoms with Crippen molar-refractivity contribution in [1.82, 2.24) is 0 Å². The molecule has 0 aliphatic carbocycles. The fourth-order valence-electron chi connectivity index (χ4n) is 1.76. The molecule has 5 nitrogen and oxygen atoms in total. The van der Waals surface area contributed by atoms with Crippen LogP contribution in [0.1, 0.15) is 11.1 Å². The molecule has 0 radical (unpaired) electrons. The number of rotatable bonds is 5. The van der Waals surface area contributed by atoms with Gasteiger partial charge in [0, 0.05) is 12.1 Å². The second kappa shape index (κ2) is 5.01. The second-order valence-electron chi connectivity index (χ2n) is 4.11. The number of nitrogens with one attached hydrogen (secondary N) is 1. The minimum Gasteiger partial charge on any atom is -0.394 e. The van der Waals surface area contributed by atoms with Gasteiger partial charge in [-0.2, -0.15) is 0 Å². The maximum absolute atomic E-state index is 13.6. The Balaban J connectivity index is 2.15. The van der Waals surface area contributed by atoms with E-state index < -0.39 is 16.7 Å². The number of hydrogen-bond acceptors (Lipinski definition) is 5. The van der Waals surface area contributed by atoms with E-state index >= 15 is 0 Å². The molecule has 2 rings (SSSR count). The molecule has 0 saturated carbocycles. The van der Waals surface area contributed by atoms with E-state index in [1.165, 1.54) is 6.07 Å². The molecule has 2 aromatic carbocycles. The van der Waals surface area contributed by atoms with Crippen molar-refractivity contribution in [2.45, 2.75) is 13.1 Å². The highest BCUT2D eigenvalue weighted by molar-refractivity contribution is 5.71. The first-order valence-corrected chi connectivity index (χ1v) is 5.57. The van der Waals surface area contributed by atoms with Gasteiger partial charge >= 0.3 is 0 Å². The molecule has 0 bridgehead atoms. The molecule has 0 amide bonds. The lowest BCUT2D eigenvalue weighted by atomic mass is 10.1. The largest absolute Gasteiger partial charge is 0.394 e. The second-order valence-corrected chi connectivity index (χ2v) is 4.11. The van der Waals surface area contributed by atoms with Crippen LogP contribution in [0.4, 0.5) is 15.8 Å². The molecule has 3 N–H and O–H groups in total. The van der Waals surface area contributed by atoms with Crippen molar-refractivity contribution in [1.29, 1.82) is 0 Å².